The first-order valence-electron chi connectivity index (χ1n) is 8.28. The molecule has 132 valence electrons. The van der Waals surface area contributed by atoms with Gasteiger partial charge in [-0.15, -0.1) is 0 Å². The molecule has 1 fully saturated rings. The van der Waals surface area contributed by atoms with Gasteiger partial charge in [0.1, 0.15) is 0 Å². The first kappa shape index (κ1) is 17.5. The summed E-state index contributed by atoms with van der Waals surface area (Å²) in [4.78, 5) is 14.7. The topological polar surface area (TPSA) is 66.5 Å². The molecular formula is C19H22N2O3S. The van der Waals surface area contributed by atoms with Crippen molar-refractivity contribution in [2.45, 2.75) is 32.2 Å². The summed E-state index contributed by atoms with van der Waals surface area (Å²) in [6, 6.07) is 15.1. The van der Waals surface area contributed by atoms with Crippen LogP contribution in [0.3, 0.4) is 0 Å². The molecule has 1 amide bonds. The second kappa shape index (κ2) is 6.88. The summed E-state index contributed by atoms with van der Waals surface area (Å²) < 4.78 is 25.0. The Labute approximate surface area is 148 Å². The number of carbonyl (C=O) groups is 1. The van der Waals surface area contributed by atoms with Gasteiger partial charge in [0.2, 0.25) is 15.9 Å². The maximum absolute atomic E-state index is 12.9. The number of benzene rings is 2. The quantitative estimate of drug-likeness (QED) is 0.863. The zero-order valence-electron chi connectivity index (χ0n) is 14.4. The van der Waals surface area contributed by atoms with Gasteiger partial charge in [-0.3, -0.25) is 9.52 Å². The summed E-state index contributed by atoms with van der Waals surface area (Å²) in [5.74, 6) is 0.0700. The van der Waals surface area contributed by atoms with E-state index in [0.717, 1.165) is 35.9 Å². The van der Waals surface area contributed by atoms with Crippen molar-refractivity contribution in [1.29, 1.82) is 0 Å². The van der Waals surface area contributed by atoms with Gasteiger partial charge >= 0.3 is 0 Å². The van der Waals surface area contributed by atoms with Crippen molar-refractivity contribution in [2.24, 2.45) is 0 Å². The Morgan fingerprint density at radius 3 is 2.32 bits per heavy atom. The number of amides is 1. The molecule has 0 unspecified atom stereocenters. The molecule has 0 radical (unpaired) electrons. The van der Waals surface area contributed by atoms with Crippen molar-refractivity contribution < 1.29 is 13.2 Å². The second-order valence-electron chi connectivity index (χ2n) is 6.52. The minimum atomic E-state index is -3.31. The molecule has 0 heterocycles. The smallest absolute Gasteiger partial charge is 0.231 e. The predicted molar refractivity (Wildman–Crippen MR) is 100 cm³/mol. The van der Waals surface area contributed by atoms with E-state index in [1.165, 1.54) is 0 Å². The lowest BCUT2D eigenvalue weighted by atomic mass is 10.0. The molecule has 25 heavy (non-hydrogen) atoms. The van der Waals surface area contributed by atoms with Crippen LogP contribution in [0.15, 0.2) is 48.5 Å². The molecule has 0 saturated heterocycles. The van der Waals surface area contributed by atoms with E-state index >= 15 is 0 Å². The molecule has 1 N–H and O–H groups in total. The molecule has 0 aromatic heterocycles. The van der Waals surface area contributed by atoms with Crippen LogP contribution >= 0.6 is 0 Å². The van der Waals surface area contributed by atoms with Gasteiger partial charge < -0.3 is 4.90 Å². The number of hydrogen-bond acceptors (Lipinski definition) is 3. The fraction of sp³-hybridized carbons (Fsp3) is 0.316. The van der Waals surface area contributed by atoms with E-state index in [1.807, 2.05) is 36.1 Å². The standard InChI is InChI=1S/C19H22N2O3S/c1-14-5-3-4-6-15(14)13-19(22)21(18-11-12-18)17-9-7-16(8-10-17)20-25(2,23)24/h3-10,18,20H,11-13H2,1-2H3. The van der Waals surface area contributed by atoms with E-state index in [4.69, 9.17) is 0 Å². The molecule has 3 rings (SSSR count). The molecule has 2 aromatic carbocycles. The first-order chi connectivity index (χ1) is 11.8. The molecule has 1 saturated carbocycles. The van der Waals surface area contributed by atoms with E-state index in [9.17, 15) is 13.2 Å². The third kappa shape index (κ3) is 4.60. The number of nitrogens with zero attached hydrogens (tertiary/aromatic N) is 1. The van der Waals surface area contributed by atoms with Crippen LogP contribution in [0.2, 0.25) is 0 Å². The van der Waals surface area contributed by atoms with Crippen LogP contribution in [0.5, 0.6) is 0 Å². The molecule has 2 aromatic rings. The van der Waals surface area contributed by atoms with E-state index < -0.39 is 10.0 Å². The lowest BCUT2D eigenvalue weighted by Crippen LogP contribution is -2.34. The van der Waals surface area contributed by atoms with Gasteiger partial charge in [-0.1, -0.05) is 24.3 Å². The van der Waals surface area contributed by atoms with Crippen LogP contribution in [0.25, 0.3) is 0 Å². The van der Waals surface area contributed by atoms with E-state index in [-0.39, 0.29) is 11.9 Å². The fourth-order valence-corrected chi connectivity index (χ4v) is 3.42. The summed E-state index contributed by atoms with van der Waals surface area (Å²) in [6.07, 6.45) is 3.49. The molecule has 6 heteroatoms. The number of aryl methyl sites for hydroxylation is 1. The van der Waals surface area contributed by atoms with Crippen LogP contribution < -0.4 is 9.62 Å². The summed E-state index contributed by atoms with van der Waals surface area (Å²) in [5, 5.41) is 0. The molecule has 0 bridgehead atoms. The SMILES string of the molecule is Cc1ccccc1CC(=O)N(c1ccc(NS(C)(=O)=O)cc1)C1CC1. The Morgan fingerprint density at radius 2 is 1.76 bits per heavy atom. The highest BCUT2D eigenvalue weighted by molar-refractivity contribution is 7.92. The second-order valence-corrected chi connectivity index (χ2v) is 8.27. The molecule has 0 spiro atoms. The van der Waals surface area contributed by atoms with Crippen LogP contribution in [-0.2, 0) is 21.2 Å². The molecule has 1 aliphatic carbocycles. The van der Waals surface area contributed by atoms with E-state index in [0.29, 0.717) is 12.1 Å². The van der Waals surface area contributed by atoms with E-state index in [1.54, 1.807) is 24.3 Å². The van der Waals surface area contributed by atoms with Crippen molar-refractivity contribution in [2.75, 3.05) is 15.9 Å². The number of sulfonamides is 1. The highest BCUT2D eigenvalue weighted by atomic mass is 32.2. The minimum absolute atomic E-state index is 0.0700. The number of hydrogen-bond donors (Lipinski definition) is 1. The zero-order chi connectivity index (χ0) is 18.0. The molecular weight excluding hydrogens is 336 g/mol. The monoisotopic (exact) mass is 358 g/mol. The predicted octanol–water partition coefficient (Wildman–Crippen LogP) is 3.10. The minimum Gasteiger partial charge on any atom is -0.309 e. The van der Waals surface area contributed by atoms with Crippen molar-refractivity contribution in [3.05, 3.63) is 59.7 Å². The Hall–Kier alpha value is -2.34. The largest absolute Gasteiger partial charge is 0.309 e. The van der Waals surface area contributed by atoms with Crippen LogP contribution in [-0.4, -0.2) is 26.6 Å². The third-order valence-electron chi connectivity index (χ3n) is 4.23. The molecule has 0 aliphatic heterocycles. The van der Waals surface area contributed by atoms with Gasteiger partial charge in [0.15, 0.2) is 0 Å². The van der Waals surface area contributed by atoms with Crippen LogP contribution in [0, 0.1) is 6.92 Å². The average Bonchev–Trinajstić information content (AvgIpc) is 3.35. The van der Waals surface area contributed by atoms with Crippen molar-refractivity contribution in [3.8, 4) is 0 Å². The zero-order valence-corrected chi connectivity index (χ0v) is 15.2. The van der Waals surface area contributed by atoms with Gasteiger partial charge in [-0.05, 0) is 55.2 Å². The van der Waals surface area contributed by atoms with Crippen LogP contribution in [0.1, 0.15) is 24.0 Å². The summed E-state index contributed by atoms with van der Waals surface area (Å²) in [6.45, 7) is 2.01. The van der Waals surface area contributed by atoms with Crippen molar-refractivity contribution in [3.63, 3.8) is 0 Å². The summed E-state index contributed by atoms with van der Waals surface area (Å²) in [5.41, 5.74) is 3.45. The fourth-order valence-electron chi connectivity index (χ4n) is 2.85. The Balaban J connectivity index is 1.79. The van der Waals surface area contributed by atoms with Gasteiger partial charge in [0, 0.05) is 17.4 Å². The molecule has 5 nitrogen and oxygen atoms in total. The van der Waals surface area contributed by atoms with Gasteiger partial charge in [-0.25, -0.2) is 8.42 Å². The Bertz CT molecular complexity index is 872. The normalized spacial score (nSPS) is 14.2. The summed E-state index contributed by atoms with van der Waals surface area (Å²) in [7, 11) is -3.31. The maximum Gasteiger partial charge on any atom is 0.231 e. The van der Waals surface area contributed by atoms with Gasteiger partial charge in [0.05, 0.1) is 12.7 Å². The van der Waals surface area contributed by atoms with Crippen molar-refractivity contribution >= 4 is 27.3 Å². The number of carbonyl (C=O) groups excluding carboxylic acids is 1. The van der Waals surface area contributed by atoms with Gasteiger partial charge in [-0.2, -0.15) is 0 Å². The average molecular weight is 358 g/mol. The Kier molecular flexibility index (Phi) is 4.81. The third-order valence-corrected chi connectivity index (χ3v) is 4.84. The Morgan fingerprint density at radius 1 is 1.12 bits per heavy atom. The molecule has 0 atom stereocenters. The highest BCUT2D eigenvalue weighted by Gasteiger charge is 2.33. The first-order valence-corrected chi connectivity index (χ1v) is 10.2. The number of nitrogens with one attached hydrogen (secondary N) is 1. The lowest BCUT2D eigenvalue weighted by molar-refractivity contribution is -0.118. The summed E-state index contributed by atoms with van der Waals surface area (Å²) >= 11 is 0. The van der Waals surface area contributed by atoms with Crippen molar-refractivity contribution in [1.82, 2.24) is 0 Å². The maximum atomic E-state index is 12.9. The highest BCUT2D eigenvalue weighted by Crippen LogP contribution is 2.33. The van der Waals surface area contributed by atoms with E-state index in [2.05, 4.69) is 4.72 Å². The van der Waals surface area contributed by atoms with Crippen LogP contribution in [0.4, 0.5) is 11.4 Å². The lowest BCUT2D eigenvalue weighted by Gasteiger charge is -2.23. The molecule has 1 aliphatic rings. The number of rotatable bonds is 6. The number of anilines is 2. The van der Waals surface area contributed by atoms with Gasteiger partial charge in [0.25, 0.3) is 0 Å².